The minimum atomic E-state index is 0.0507. The molecule has 2 N–H and O–H groups in total. The number of hydrogen-bond donors (Lipinski definition) is 2. The van der Waals surface area contributed by atoms with Crippen LogP contribution in [-0.2, 0) is 11.2 Å². The molecule has 110 valence electrons. The lowest BCUT2D eigenvalue weighted by Crippen LogP contribution is -2.40. The Morgan fingerprint density at radius 1 is 1.50 bits per heavy atom. The van der Waals surface area contributed by atoms with Gasteiger partial charge in [-0.25, -0.2) is 0 Å². The molecule has 1 amide bonds. The summed E-state index contributed by atoms with van der Waals surface area (Å²) in [5.41, 5.74) is 2.20. The largest absolute Gasteiger partial charge is 0.508 e. The number of phenolic OH excluding ortho intramolecular Hbond substituents is 1. The van der Waals surface area contributed by atoms with E-state index in [-0.39, 0.29) is 18.0 Å². The molecule has 4 heteroatoms. The van der Waals surface area contributed by atoms with E-state index in [1.54, 1.807) is 6.07 Å². The molecule has 0 radical (unpaired) electrons. The van der Waals surface area contributed by atoms with Crippen LogP contribution < -0.4 is 5.32 Å². The van der Waals surface area contributed by atoms with Gasteiger partial charge in [-0.05, 0) is 57.4 Å². The first-order chi connectivity index (χ1) is 9.49. The molecule has 1 atom stereocenters. The maximum atomic E-state index is 11.9. The maximum absolute atomic E-state index is 11.9. The molecule has 1 aliphatic rings. The third kappa shape index (κ3) is 3.31. The molecule has 1 aromatic carbocycles. The van der Waals surface area contributed by atoms with Gasteiger partial charge in [0, 0.05) is 12.1 Å². The summed E-state index contributed by atoms with van der Waals surface area (Å²) in [5, 5.41) is 12.9. The molecule has 0 bridgehead atoms. The van der Waals surface area contributed by atoms with Crippen molar-refractivity contribution in [3.63, 3.8) is 0 Å². The van der Waals surface area contributed by atoms with Crippen LogP contribution in [0.1, 0.15) is 43.9 Å². The highest BCUT2D eigenvalue weighted by molar-refractivity contribution is 5.78. The second kappa shape index (κ2) is 6.27. The van der Waals surface area contributed by atoms with Crippen LogP contribution in [-0.4, -0.2) is 35.5 Å². The first kappa shape index (κ1) is 14.9. The lowest BCUT2D eigenvalue weighted by Gasteiger charge is -2.33. The van der Waals surface area contributed by atoms with E-state index in [4.69, 9.17) is 0 Å². The Labute approximate surface area is 120 Å². The van der Waals surface area contributed by atoms with E-state index in [9.17, 15) is 9.90 Å². The number of fused-ring (bicyclic) bond motifs is 1. The normalized spacial score (nSPS) is 18.1. The molecule has 1 unspecified atom stereocenters. The first-order valence-electron chi connectivity index (χ1n) is 7.29. The van der Waals surface area contributed by atoms with Gasteiger partial charge in [0.1, 0.15) is 5.75 Å². The molecule has 0 saturated carbocycles. The van der Waals surface area contributed by atoms with E-state index < -0.39 is 0 Å². The highest BCUT2D eigenvalue weighted by Crippen LogP contribution is 2.37. The summed E-state index contributed by atoms with van der Waals surface area (Å²) in [7, 11) is 1.98. The number of benzene rings is 1. The Morgan fingerprint density at radius 2 is 2.25 bits per heavy atom. The first-order valence-corrected chi connectivity index (χ1v) is 7.29. The molecule has 1 aromatic rings. The van der Waals surface area contributed by atoms with Crippen molar-refractivity contribution in [2.45, 2.75) is 45.2 Å². The standard InChI is InChI=1S/C16H24N2O2/c1-11(2)17-16(20)10-18(3)14-8-4-7-13-12(14)6-5-9-15(13)19/h5-6,9,11,14,19H,4,7-8,10H2,1-3H3,(H,17,20). The number of rotatable bonds is 4. The van der Waals surface area contributed by atoms with E-state index in [1.165, 1.54) is 0 Å². The maximum Gasteiger partial charge on any atom is 0.234 e. The molecule has 0 spiro atoms. The quantitative estimate of drug-likeness (QED) is 0.886. The van der Waals surface area contributed by atoms with Crippen LogP contribution in [0.2, 0.25) is 0 Å². The molecule has 4 nitrogen and oxygen atoms in total. The zero-order chi connectivity index (χ0) is 14.7. The number of amides is 1. The summed E-state index contributed by atoms with van der Waals surface area (Å²) < 4.78 is 0. The summed E-state index contributed by atoms with van der Waals surface area (Å²) in [6, 6.07) is 6.07. The second-order valence-corrected chi connectivity index (χ2v) is 5.89. The lowest BCUT2D eigenvalue weighted by atomic mass is 9.86. The average molecular weight is 276 g/mol. The highest BCUT2D eigenvalue weighted by Gasteiger charge is 2.26. The van der Waals surface area contributed by atoms with E-state index >= 15 is 0 Å². The van der Waals surface area contributed by atoms with Gasteiger partial charge in [-0.2, -0.15) is 0 Å². The summed E-state index contributed by atoms with van der Waals surface area (Å²) in [4.78, 5) is 14.0. The molecular formula is C16H24N2O2. The van der Waals surface area contributed by atoms with E-state index in [0.717, 1.165) is 30.4 Å². The van der Waals surface area contributed by atoms with Gasteiger partial charge in [0.15, 0.2) is 0 Å². The zero-order valence-electron chi connectivity index (χ0n) is 12.5. The zero-order valence-corrected chi connectivity index (χ0v) is 12.5. The van der Waals surface area contributed by atoms with Crippen molar-refractivity contribution in [3.05, 3.63) is 29.3 Å². The van der Waals surface area contributed by atoms with E-state index in [2.05, 4.69) is 16.3 Å². The Bertz CT molecular complexity index is 485. The van der Waals surface area contributed by atoms with Crippen molar-refractivity contribution in [1.29, 1.82) is 0 Å². The molecule has 0 aromatic heterocycles. The van der Waals surface area contributed by atoms with Crippen LogP contribution in [0.4, 0.5) is 0 Å². The molecule has 20 heavy (non-hydrogen) atoms. The predicted octanol–water partition coefficient (Wildman–Crippen LogP) is 2.23. The fourth-order valence-electron chi connectivity index (χ4n) is 2.97. The molecular weight excluding hydrogens is 252 g/mol. The van der Waals surface area contributed by atoms with Gasteiger partial charge >= 0.3 is 0 Å². The third-order valence-electron chi connectivity index (χ3n) is 3.83. The van der Waals surface area contributed by atoms with Crippen molar-refractivity contribution in [1.82, 2.24) is 10.2 Å². The van der Waals surface area contributed by atoms with Gasteiger partial charge in [-0.1, -0.05) is 12.1 Å². The molecule has 2 rings (SSSR count). The number of carbonyl (C=O) groups excluding carboxylic acids is 1. The molecule has 0 saturated heterocycles. The third-order valence-corrected chi connectivity index (χ3v) is 3.83. The van der Waals surface area contributed by atoms with Crippen LogP contribution in [0.3, 0.4) is 0 Å². The van der Waals surface area contributed by atoms with Crippen LogP contribution >= 0.6 is 0 Å². The monoisotopic (exact) mass is 276 g/mol. The lowest BCUT2D eigenvalue weighted by molar-refractivity contribution is -0.123. The minimum absolute atomic E-state index is 0.0507. The van der Waals surface area contributed by atoms with Crippen LogP contribution in [0.5, 0.6) is 5.75 Å². The van der Waals surface area contributed by atoms with Gasteiger partial charge in [-0.15, -0.1) is 0 Å². The molecule has 0 fully saturated rings. The van der Waals surface area contributed by atoms with Gasteiger partial charge < -0.3 is 10.4 Å². The van der Waals surface area contributed by atoms with Gasteiger partial charge in [0.2, 0.25) is 5.91 Å². The van der Waals surface area contributed by atoms with Gasteiger partial charge in [0.05, 0.1) is 6.54 Å². The van der Waals surface area contributed by atoms with Crippen molar-refractivity contribution in [2.75, 3.05) is 13.6 Å². The Kier molecular flexibility index (Phi) is 4.65. The topological polar surface area (TPSA) is 52.6 Å². The highest BCUT2D eigenvalue weighted by atomic mass is 16.3. The summed E-state index contributed by atoms with van der Waals surface area (Å²) >= 11 is 0. The number of aromatic hydroxyl groups is 1. The van der Waals surface area contributed by atoms with Crippen LogP contribution in [0, 0.1) is 0 Å². The van der Waals surface area contributed by atoms with Crippen molar-refractivity contribution in [2.24, 2.45) is 0 Å². The van der Waals surface area contributed by atoms with E-state index in [1.807, 2.05) is 27.0 Å². The number of nitrogens with one attached hydrogen (secondary N) is 1. The molecule has 1 aliphatic carbocycles. The van der Waals surface area contributed by atoms with Gasteiger partial charge in [0.25, 0.3) is 0 Å². The smallest absolute Gasteiger partial charge is 0.234 e. The van der Waals surface area contributed by atoms with Crippen LogP contribution in [0.25, 0.3) is 0 Å². The average Bonchev–Trinajstić information content (AvgIpc) is 2.37. The fourth-order valence-corrected chi connectivity index (χ4v) is 2.97. The number of likely N-dealkylation sites (N-methyl/N-ethyl adjacent to an activating group) is 1. The van der Waals surface area contributed by atoms with Crippen molar-refractivity contribution >= 4 is 5.91 Å². The Hall–Kier alpha value is -1.55. The number of phenols is 1. The van der Waals surface area contributed by atoms with Crippen molar-refractivity contribution in [3.8, 4) is 5.75 Å². The van der Waals surface area contributed by atoms with Gasteiger partial charge in [-0.3, -0.25) is 9.69 Å². The summed E-state index contributed by atoms with van der Waals surface area (Å²) in [6.07, 6.45) is 3.00. The summed E-state index contributed by atoms with van der Waals surface area (Å²) in [5.74, 6) is 0.432. The number of nitrogens with zero attached hydrogens (tertiary/aromatic N) is 1. The second-order valence-electron chi connectivity index (χ2n) is 5.89. The SMILES string of the molecule is CC(C)NC(=O)CN(C)C1CCCc2c(O)cccc21. The predicted molar refractivity (Wildman–Crippen MR) is 79.7 cm³/mol. The molecule has 0 aliphatic heterocycles. The Morgan fingerprint density at radius 3 is 2.95 bits per heavy atom. The fraction of sp³-hybridized carbons (Fsp3) is 0.562. The van der Waals surface area contributed by atoms with E-state index in [0.29, 0.717) is 12.3 Å². The number of carbonyl (C=O) groups is 1. The summed E-state index contributed by atoms with van der Waals surface area (Å²) in [6.45, 7) is 4.32. The van der Waals surface area contributed by atoms with Crippen LogP contribution in [0.15, 0.2) is 18.2 Å². The Balaban J connectivity index is 2.11. The minimum Gasteiger partial charge on any atom is -0.508 e. The van der Waals surface area contributed by atoms with Crippen molar-refractivity contribution < 1.29 is 9.90 Å². The number of hydrogen-bond acceptors (Lipinski definition) is 3. The molecule has 0 heterocycles.